The maximum absolute atomic E-state index is 13.0. The number of aryl methyl sites for hydroxylation is 2. The van der Waals surface area contributed by atoms with Crippen molar-refractivity contribution in [1.82, 2.24) is 14.9 Å². The molecule has 2 fully saturated rings. The third-order valence-electron chi connectivity index (χ3n) is 5.39. The maximum atomic E-state index is 13.0. The Balaban J connectivity index is 1.39. The largest absolute Gasteiger partial charge is 0.472 e. The minimum Gasteiger partial charge on any atom is -0.472 e. The van der Waals surface area contributed by atoms with Gasteiger partial charge in [0.2, 0.25) is 5.88 Å². The average molecular weight is 396 g/mol. The summed E-state index contributed by atoms with van der Waals surface area (Å²) in [5.74, 6) is 1.34. The Hall–Kier alpha value is -2.67. The zero-order valence-corrected chi connectivity index (χ0v) is 17.1. The van der Waals surface area contributed by atoms with Gasteiger partial charge in [0.05, 0.1) is 19.8 Å². The van der Waals surface area contributed by atoms with Crippen molar-refractivity contribution in [2.75, 3.05) is 44.3 Å². The summed E-state index contributed by atoms with van der Waals surface area (Å²) in [6, 6.07) is 9.76. The Morgan fingerprint density at radius 3 is 2.59 bits per heavy atom. The van der Waals surface area contributed by atoms with Crippen molar-refractivity contribution in [3.63, 3.8) is 0 Å². The predicted octanol–water partition coefficient (Wildman–Crippen LogP) is 2.61. The van der Waals surface area contributed by atoms with E-state index in [-0.39, 0.29) is 12.0 Å². The lowest BCUT2D eigenvalue weighted by atomic mass is 10.1. The van der Waals surface area contributed by atoms with E-state index in [0.717, 1.165) is 62.6 Å². The van der Waals surface area contributed by atoms with Crippen LogP contribution in [0.1, 0.15) is 34.7 Å². The van der Waals surface area contributed by atoms with Crippen molar-refractivity contribution in [2.45, 2.75) is 32.8 Å². The molecule has 7 heteroatoms. The molecule has 1 atom stereocenters. The summed E-state index contributed by atoms with van der Waals surface area (Å²) in [4.78, 5) is 25.8. The Kier molecular flexibility index (Phi) is 5.94. The molecule has 2 saturated heterocycles. The summed E-state index contributed by atoms with van der Waals surface area (Å²) in [6.45, 7) is 8.40. The normalized spacial score (nSPS) is 19.9. The SMILES string of the molecule is Cc1cc(O[C@H]2CCCN(C(=O)c3ccc(N4CCOCC4)cc3)C2)nc(C)n1. The molecule has 7 nitrogen and oxygen atoms in total. The molecule has 0 radical (unpaired) electrons. The van der Waals surface area contributed by atoms with Crippen LogP contribution in [-0.4, -0.2) is 66.3 Å². The zero-order valence-electron chi connectivity index (χ0n) is 17.1. The lowest BCUT2D eigenvalue weighted by Gasteiger charge is -2.33. The molecule has 2 aliphatic heterocycles. The van der Waals surface area contributed by atoms with Gasteiger partial charge in [0, 0.05) is 42.6 Å². The van der Waals surface area contributed by atoms with Crippen molar-refractivity contribution in [3.05, 3.63) is 47.4 Å². The molecule has 3 heterocycles. The highest BCUT2D eigenvalue weighted by molar-refractivity contribution is 5.94. The van der Waals surface area contributed by atoms with E-state index in [9.17, 15) is 4.79 Å². The van der Waals surface area contributed by atoms with Crippen LogP contribution in [0.4, 0.5) is 5.69 Å². The van der Waals surface area contributed by atoms with E-state index in [1.54, 1.807) is 0 Å². The summed E-state index contributed by atoms with van der Waals surface area (Å²) < 4.78 is 11.5. The van der Waals surface area contributed by atoms with Crippen molar-refractivity contribution >= 4 is 11.6 Å². The van der Waals surface area contributed by atoms with E-state index in [2.05, 4.69) is 14.9 Å². The van der Waals surface area contributed by atoms with Gasteiger partial charge in [0.1, 0.15) is 11.9 Å². The topological polar surface area (TPSA) is 67.8 Å². The van der Waals surface area contributed by atoms with Gasteiger partial charge in [-0.25, -0.2) is 4.98 Å². The van der Waals surface area contributed by atoms with Crippen LogP contribution in [0.15, 0.2) is 30.3 Å². The van der Waals surface area contributed by atoms with E-state index in [1.807, 2.05) is 49.1 Å². The number of hydrogen-bond acceptors (Lipinski definition) is 6. The highest BCUT2D eigenvalue weighted by atomic mass is 16.5. The molecule has 2 aliphatic rings. The van der Waals surface area contributed by atoms with Crippen LogP contribution in [0.5, 0.6) is 5.88 Å². The van der Waals surface area contributed by atoms with Crippen molar-refractivity contribution in [3.8, 4) is 5.88 Å². The van der Waals surface area contributed by atoms with Crippen LogP contribution in [0.25, 0.3) is 0 Å². The third kappa shape index (κ3) is 4.85. The first-order valence-electron chi connectivity index (χ1n) is 10.3. The van der Waals surface area contributed by atoms with Gasteiger partial charge in [-0.15, -0.1) is 0 Å². The number of hydrogen-bond donors (Lipinski definition) is 0. The molecule has 0 unspecified atom stereocenters. The van der Waals surface area contributed by atoms with Gasteiger partial charge in [-0.3, -0.25) is 4.79 Å². The molecular weight excluding hydrogens is 368 g/mol. The van der Waals surface area contributed by atoms with Crippen LogP contribution in [0.2, 0.25) is 0 Å². The lowest BCUT2D eigenvalue weighted by molar-refractivity contribution is 0.0527. The summed E-state index contributed by atoms with van der Waals surface area (Å²) in [7, 11) is 0. The van der Waals surface area contributed by atoms with Gasteiger partial charge in [-0.05, 0) is 51.0 Å². The fraction of sp³-hybridized carbons (Fsp3) is 0.500. The number of carbonyl (C=O) groups is 1. The number of likely N-dealkylation sites (tertiary alicyclic amines) is 1. The van der Waals surface area contributed by atoms with E-state index >= 15 is 0 Å². The number of carbonyl (C=O) groups excluding carboxylic acids is 1. The Morgan fingerprint density at radius 1 is 1.10 bits per heavy atom. The fourth-order valence-corrected chi connectivity index (χ4v) is 3.95. The minimum atomic E-state index is -0.0472. The highest BCUT2D eigenvalue weighted by Gasteiger charge is 2.26. The molecule has 4 rings (SSSR count). The molecule has 0 bridgehead atoms. The monoisotopic (exact) mass is 396 g/mol. The molecule has 1 aromatic heterocycles. The number of aromatic nitrogens is 2. The first kappa shape index (κ1) is 19.6. The standard InChI is InChI=1S/C22H28N4O3/c1-16-14-21(24-17(2)23-16)29-20-4-3-9-26(15-20)22(27)18-5-7-19(8-6-18)25-10-12-28-13-11-25/h5-8,14,20H,3-4,9-13,15H2,1-2H3/t20-/m0/s1. The van der Waals surface area contributed by atoms with Crippen LogP contribution >= 0.6 is 0 Å². The number of anilines is 1. The number of ether oxygens (including phenoxy) is 2. The zero-order chi connectivity index (χ0) is 20.2. The third-order valence-corrected chi connectivity index (χ3v) is 5.39. The number of morpholine rings is 1. The Bertz CT molecular complexity index is 829. The molecule has 0 spiro atoms. The second-order valence-electron chi connectivity index (χ2n) is 7.67. The number of rotatable bonds is 4. The number of nitrogens with zero attached hydrogens (tertiary/aromatic N) is 4. The first-order valence-corrected chi connectivity index (χ1v) is 10.3. The van der Waals surface area contributed by atoms with Gasteiger partial charge >= 0.3 is 0 Å². The second kappa shape index (κ2) is 8.78. The average Bonchev–Trinajstić information content (AvgIpc) is 2.73. The van der Waals surface area contributed by atoms with E-state index < -0.39 is 0 Å². The molecule has 1 amide bonds. The first-order chi connectivity index (χ1) is 14.1. The second-order valence-corrected chi connectivity index (χ2v) is 7.67. The lowest BCUT2D eigenvalue weighted by Crippen LogP contribution is -2.44. The van der Waals surface area contributed by atoms with E-state index in [1.165, 1.54) is 0 Å². The maximum Gasteiger partial charge on any atom is 0.253 e. The van der Waals surface area contributed by atoms with Crippen molar-refractivity contribution in [1.29, 1.82) is 0 Å². The van der Waals surface area contributed by atoms with E-state index in [0.29, 0.717) is 18.2 Å². The van der Waals surface area contributed by atoms with Gasteiger partial charge in [-0.2, -0.15) is 4.98 Å². The number of amides is 1. The van der Waals surface area contributed by atoms with Crippen LogP contribution in [-0.2, 0) is 4.74 Å². The molecule has 0 saturated carbocycles. The molecule has 2 aromatic rings. The van der Waals surface area contributed by atoms with Crippen LogP contribution in [0.3, 0.4) is 0 Å². The Labute approximate surface area is 171 Å². The summed E-state index contributed by atoms with van der Waals surface area (Å²) in [5, 5.41) is 0. The highest BCUT2D eigenvalue weighted by Crippen LogP contribution is 2.21. The summed E-state index contributed by atoms with van der Waals surface area (Å²) in [6.07, 6.45) is 1.79. The van der Waals surface area contributed by atoms with Gasteiger partial charge < -0.3 is 19.3 Å². The number of piperidine rings is 1. The Morgan fingerprint density at radius 2 is 1.86 bits per heavy atom. The molecule has 29 heavy (non-hydrogen) atoms. The van der Waals surface area contributed by atoms with Gasteiger partial charge in [0.25, 0.3) is 5.91 Å². The molecule has 0 N–H and O–H groups in total. The smallest absolute Gasteiger partial charge is 0.253 e. The molecule has 1 aromatic carbocycles. The molecular formula is C22H28N4O3. The fourth-order valence-electron chi connectivity index (χ4n) is 3.95. The van der Waals surface area contributed by atoms with Gasteiger partial charge in [-0.1, -0.05) is 0 Å². The summed E-state index contributed by atoms with van der Waals surface area (Å²) >= 11 is 0. The summed E-state index contributed by atoms with van der Waals surface area (Å²) in [5.41, 5.74) is 2.74. The van der Waals surface area contributed by atoms with E-state index in [4.69, 9.17) is 9.47 Å². The number of benzene rings is 1. The quantitative estimate of drug-likeness (QED) is 0.791. The van der Waals surface area contributed by atoms with Crippen LogP contribution in [0, 0.1) is 13.8 Å². The molecule has 0 aliphatic carbocycles. The molecule has 154 valence electrons. The predicted molar refractivity (Wildman–Crippen MR) is 111 cm³/mol. The van der Waals surface area contributed by atoms with Crippen LogP contribution < -0.4 is 9.64 Å². The van der Waals surface area contributed by atoms with Crippen molar-refractivity contribution < 1.29 is 14.3 Å². The minimum absolute atomic E-state index is 0.0472. The van der Waals surface area contributed by atoms with Crippen molar-refractivity contribution in [2.24, 2.45) is 0 Å². The van der Waals surface area contributed by atoms with Gasteiger partial charge in [0.15, 0.2) is 0 Å².